The number of benzene rings is 1. The zero-order chi connectivity index (χ0) is 10.7. The van der Waals surface area contributed by atoms with E-state index in [1.54, 1.807) is 0 Å². The first kappa shape index (κ1) is 9.25. The standard InChI is InChI=1S/C8H7N5O2/c14-13(15)8-9-11-12(10-8)6-7-4-2-1-3-5-7/h1-5H,6H2. The van der Waals surface area contributed by atoms with E-state index in [1.165, 1.54) is 4.80 Å². The third-order valence-electron chi connectivity index (χ3n) is 1.77. The van der Waals surface area contributed by atoms with E-state index in [4.69, 9.17) is 0 Å². The molecular formula is C8H7N5O2. The van der Waals surface area contributed by atoms with E-state index in [9.17, 15) is 10.1 Å². The quantitative estimate of drug-likeness (QED) is 0.541. The highest BCUT2D eigenvalue weighted by atomic mass is 16.6. The van der Waals surface area contributed by atoms with Gasteiger partial charge in [-0.2, -0.15) is 0 Å². The molecule has 7 heteroatoms. The second-order valence-corrected chi connectivity index (χ2v) is 2.86. The summed E-state index contributed by atoms with van der Waals surface area (Å²) in [6.45, 7) is 0.377. The molecule has 15 heavy (non-hydrogen) atoms. The van der Waals surface area contributed by atoms with Crippen LogP contribution in [0.5, 0.6) is 0 Å². The lowest BCUT2D eigenvalue weighted by Crippen LogP contribution is -2.04. The highest BCUT2D eigenvalue weighted by Crippen LogP contribution is 2.02. The van der Waals surface area contributed by atoms with Gasteiger partial charge < -0.3 is 10.1 Å². The molecule has 0 saturated heterocycles. The van der Waals surface area contributed by atoms with Gasteiger partial charge in [0.15, 0.2) is 0 Å². The lowest BCUT2D eigenvalue weighted by atomic mass is 10.2. The minimum Gasteiger partial charge on any atom is -0.390 e. The molecule has 0 bridgehead atoms. The van der Waals surface area contributed by atoms with Crippen LogP contribution in [0.2, 0.25) is 0 Å². The smallest absolute Gasteiger partial charge is 0.390 e. The summed E-state index contributed by atoms with van der Waals surface area (Å²) in [5, 5.41) is 20.8. The molecular weight excluding hydrogens is 198 g/mol. The molecule has 0 N–H and O–H groups in total. The third kappa shape index (κ3) is 2.13. The van der Waals surface area contributed by atoms with Gasteiger partial charge in [-0.25, -0.2) is 0 Å². The van der Waals surface area contributed by atoms with Crippen LogP contribution in [0.4, 0.5) is 5.95 Å². The van der Waals surface area contributed by atoms with E-state index in [2.05, 4.69) is 15.4 Å². The second-order valence-electron chi connectivity index (χ2n) is 2.86. The fourth-order valence-corrected chi connectivity index (χ4v) is 1.12. The maximum Gasteiger partial charge on any atom is 0.514 e. The van der Waals surface area contributed by atoms with Crippen molar-refractivity contribution in [1.82, 2.24) is 20.2 Å². The molecule has 2 aromatic rings. The Morgan fingerprint density at radius 2 is 2.07 bits per heavy atom. The zero-order valence-electron chi connectivity index (χ0n) is 7.65. The van der Waals surface area contributed by atoms with Crippen LogP contribution in [-0.2, 0) is 6.54 Å². The molecule has 1 heterocycles. The van der Waals surface area contributed by atoms with E-state index < -0.39 is 10.9 Å². The van der Waals surface area contributed by atoms with Crippen LogP contribution in [0.15, 0.2) is 30.3 Å². The normalized spacial score (nSPS) is 10.1. The van der Waals surface area contributed by atoms with Crippen molar-refractivity contribution in [2.24, 2.45) is 0 Å². The van der Waals surface area contributed by atoms with Crippen molar-refractivity contribution in [2.45, 2.75) is 6.54 Å². The third-order valence-corrected chi connectivity index (χ3v) is 1.77. The predicted molar refractivity (Wildman–Crippen MR) is 50.0 cm³/mol. The minimum absolute atomic E-state index is 0.377. The molecule has 2 rings (SSSR count). The number of rotatable bonds is 3. The molecule has 0 aliphatic heterocycles. The molecule has 0 unspecified atom stereocenters. The summed E-state index contributed by atoms with van der Waals surface area (Å²) in [7, 11) is 0. The monoisotopic (exact) mass is 205 g/mol. The first-order valence-corrected chi connectivity index (χ1v) is 4.22. The van der Waals surface area contributed by atoms with E-state index in [0.29, 0.717) is 6.54 Å². The summed E-state index contributed by atoms with van der Waals surface area (Å²) in [5.74, 6) is -0.481. The van der Waals surface area contributed by atoms with Crippen molar-refractivity contribution >= 4 is 5.95 Å². The average molecular weight is 205 g/mol. The Morgan fingerprint density at radius 3 is 2.67 bits per heavy atom. The molecule has 0 aliphatic rings. The van der Waals surface area contributed by atoms with Gasteiger partial charge in [0.2, 0.25) is 0 Å². The van der Waals surface area contributed by atoms with Gasteiger partial charge in [0, 0.05) is 5.21 Å². The van der Waals surface area contributed by atoms with Gasteiger partial charge in [0.25, 0.3) is 0 Å². The topological polar surface area (TPSA) is 86.7 Å². The highest BCUT2D eigenvalue weighted by molar-refractivity contribution is 5.14. The Morgan fingerprint density at radius 1 is 1.33 bits per heavy atom. The van der Waals surface area contributed by atoms with Gasteiger partial charge in [-0.05, 0) is 10.5 Å². The first-order valence-electron chi connectivity index (χ1n) is 4.22. The van der Waals surface area contributed by atoms with Crippen LogP contribution in [0.25, 0.3) is 0 Å². The lowest BCUT2D eigenvalue weighted by molar-refractivity contribution is -0.394. The molecule has 0 saturated carbocycles. The van der Waals surface area contributed by atoms with Crippen molar-refractivity contribution in [3.8, 4) is 0 Å². The van der Waals surface area contributed by atoms with Gasteiger partial charge in [-0.15, -0.1) is 0 Å². The highest BCUT2D eigenvalue weighted by Gasteiger charge is 2.14. The van der Waals surface area contributed by atoms with E-state index in [1.807, 2.05) is 30.3 Å². The van der Waals surface area contributed by atoms with Gasteiger partial charge >= 0.3 is 5.95 Å². The van der Waals surface area contributed by atoms with Crippen LogP contribution in [0.1, 0.15) is 5.56 Å². The van der Waals surface area contributed by atoms with Crippen LogP contribution in [0, 0.1) is 10.1 Å². The number of tetrazole rings is 1. The Hall–Kier alpha value is -2.31. The van der Waals surface area contributed by atoms with Crippen molar-refractivity contribution in [1.29, 1.82) is 0 Å². The maximum absolute atomic E-state index is 10.3. The molecule has 0 spiro atoms. The van der Waals surface area contributed by atoms with Crippen molar-refractivity contribution in [3.05, 3.63) is 46.0 Å². The van der Waals surface area contributed by atoms with E-state index in [0.717, 1.165) is 5.56 Å². The van der Waals surface area contributed by atoms with Crippen LogP contribution >= 0.6 is 0 Å². The molecule has 0 radical (unpaired) electrons. The summed E-state index contributed by atoms with van der Waals surface area (Å²) >= 11 is 0. The molecule has 0 atom stereocenters. The molecule has 0 aliphatic carbocycles. The van der Waals surface area contributed by atoms with Gasteiger partial charge in [-0.3, -0.25) is 0 Å². The number of hydrogen-bond donors (Lipinski definition) is 0. The molecule has 0 fully saturated rings. The van der Waals surface area contributed by atoms with Crippen LogP contribution in [0.3, 0.4) is 0 Å². The second kappa shape index (κ2) is 3.82. The molecule has 76 valence electrons. The van der Waals surface area contributed by atoms with Gasteiger partial charge in [-0.1, -0.05) is 35.1 Å². The maximum atomic E-state index is 10.3. The van der Waals surface area contributed by atoms with Gasteiger partial charge in [0.05, 0.1) is 10.2 Å². The van der Waals surface area contributed by atoms with Crippen LogP contribution in [-0.4, -0.2) is 25.1 Å². The van der Waals surface area contributed by atoms with Crippen molar-refractivity contribution in [2.75, 3.05) is 0 Å². The SMILES string of the molecule is O=[N+]([O-])c1nnn(Cc2ccccc2)n1. The fraction of sp³-hybridized carbons (Fsp3) is 0.125. The van der Waals surface area contributed by atoms with Crippen LogP contribution < -0.4 is 0 Å². The van der Waals surface area contributed by atoms with Gasteiger partial charge in [0.1, 0.15) is 6.54 Å². The summed E-state index contributed by atoms with van der Waals surface area (Å²) in [4.78, 5) is 10.8. The summed E-state index contributed by atoms with van der Waals surface area (Å²) in [6.07, 6.45) is 0. The summed E-state index contributed by atoms with van der Waals surface area (Å²) in [6, 6.07) is 9.41. The molecule has 1 aromatic carbocycles. The average Bonchev–Trinajstić information content (AvgIpc) is 2.68. The number of nitro groups is 1. The zero-order valence-corrected chi connectivity index (χ0v) is 7.65. The fourth-order valence-electron chi connectivity index (χ4n) is 1.12. The summed E-state index contributed by atoms with van der Waals surface area (Å²) in [5.41, 5.74) is 0.963. The molecule has 0 amide bonds. The van der Waals surface area contributed by atoms with Crippen molar-refractivity contribution in [3.63, 3.8) is 0 Å². The predicted octanol–water partition coefficient (Wildman–Crippen LogP) is 0.630. The number of hydrogen-bond acceptors (Lipinski definition) is 5. The Bertz CT molecular complexity index is 467. The molecule has 1 aromatic heterocycles. The van der Waals surface area contributed by atoms with E-state index >= 15 is 0 Å². The lowest BCUT2D eigenvalue weighted by Gasteiger charge is -1.94. The minimum atomic E-state index is -0.672. The summed E-state index contributed by atoms with van der Waals surface area (Å²) < 4.78 is 0. The first-order chi connectivity index (χ1) is 7.25. The Kier molecular flexibility index (Phi) is 2.36. The Balaban J connectivity index is 2.15. The number of aromatic nitrogens is 4. The van der Waals surface area contributed by atoms with Crippen molar-refractivity contribution < 1.29 is 4.92 Å². The molecule has 7 nitrogen and oxygen atoms in total. The van der Waals surface area contributed by atoms with E-state index in [-0.39, 0.29) is 0 Å². The number of nitrogens with zero attached hydrogens (tertiary/aromatic N) is 5. The largest absolute Gasteiger partial charge is 0.514 e. The Labute approximate surface area is 84.5 Å².